The van der Waals surface area contributed by atoms with Crippen molar-refractivity contribution in [2.45, 2.75) is 71.6 Å². The summed E-state index contributed by atoms with van der Waals surface area (Å²) in [6, 6.07) is 7.93. The molecule has 0 aliphatic heterocycles. The minimum Gasteiger partial charge on any atom is -0.294 e. The van der Waals surface area contributed by atoms with Gasteiger partial charge in [0.2, 0.25) is 0 Å². The van der Waals surface area contributed by atoms with Crippen LogP contribution in [0.3, 0.4) is 0 Å². The van der Waals surface area contributed by atoms with Crippen LogP contribution in [0.1, 0.15) is 80.6 Å². The predicted molar refractivity (Wildman–Crippen MR) is 82.7 cm³/mol. The third-order valence-electron chi connectivity index (χ3n) is 3.60. The van der Waals surface area contributed by atoms with E-state index in [1.165, 1.54) is 50.5 Å². The largest absolute Gasteiger partial charge is 0.294 e. The lowest BCUT2D eigenvalue weighted by atomic mass is 10.0. The fourth-order valence-corrected chi connectivity index (χ4v) is 2.38. The van der Waals surface area contributed by atoms with Gasteiger partial charge in [-0.05, 0) is 19.4 Å². The van der Waals surface area contributed by atoms with Crippen LogP contribution in [-0.2, 0) is 0 Å². The molecule has 0 aliphatic rings. The lowest BCUT2D eigenvalue weighted by Crippen LogP contribution is -1.99. The summed E-state index contributed by atoms with van der Waals surface area (Å²) in [5, 5.41) is 0. The van der Waals surface area contributed by atoms with Gasteiger partial charge >= 0.3 is 0 Å². The van der Waals surface area contributed by atoms with Gasteiger partial charge in [-0.15, -0.1) is 0 Å². The molecule has 0 fully saturated rings. The maximum Gasteiger partial charge on any atom is 0.162 e. The van der Waals surface area contributed by atoms with Gasteiger partial charge in [-0.2, -0.15) is 0 Å². The number of Topliss-reactive ketones (excluding diaryl/α,β-unsaturated/α-hetero) is 1. The first-order chi connectivity index (χ1) is 9.24. The van der Waals surface area contributed by atoms with Crippen molar-refractivity contribution in [2.24, 2.45) is 0 Å². The van der Waals surface area contributed by atoms with E-state index in [-0.39, 0.29) is 0 Å². The molecule has 0 radical (unpaired) electrons. The predicted octanol–water partition coefficient (Wildman–Crippen LogP) is 5.71. The maximum atomic E-state index is 12.0. The van der Waals surface area contributed by atoms with Crippen molar-refractivity contribution in [3.05, 3.63) is 35.4 Å². The number of benzene rings is 1. The first-order valence-corrected chi connectivity index (χ1v) is 7.84. The topological polar surface area (TPSA) is 17.1 Å². The van der Waals surface area contributed by atoms with Crippen LogP contribution in [0, 0.1) is 6.92 Å². The Morgan fingerprint density at radius 3 is 2.21 bits per heavy atom. The van der Waals surface area contributed by atoms with E-state index in [0.717, 1.165) is 12.0 Å². The number of hydrogen-bond acceptors (Lipinski definition) is 1. The average Bonchev–Trinajstić information content (AvgIpc) is 2.41. The molecular formula is C18H28O. The van der Waals surface area contributed by atoms with E-state index in [2.05, 4.69) is 6.92 Å². The number of carbonyl (C=O) groups is 1. The molecule has 0 unspecified atom stereocenters. The van der Waals surface area contributed by atoms with Gasteiger partial charge in [-0.3, -0.25) is 4.79 Å². The van der Waals surface area contributed by atoms with E-state index < -0.39 is 0 Å². The molecule has 106 valence electrons. The Kier molecular flexibility index (Phi) is 8.20. The number of aryl methyl sites for hydroxylation is 1. The number of ketones is 1. The normalized spacial score (nSPS) is 10.6. The average molecular weight is 260 g/mol. The molecule has 1 rings (SSSR count). The zero-order valence-corrected chi connectivity index (χ0v) is 12.6. The lowest BCUT2D eigenvalue weighted by molar-refractivity contribution is 0.0979. The third kappa shape index (κ3) is 7.15. The summed E-state index contributed by atoms with van der Waals surface area (Å²) in [6.45, 7) is 4.28. The molecule has 0 atom stereocenters. The van der Waals surface area contributed by atoms with Crippen LogP contribution >= 0.6 is 0 Å². The van der Waals surface area contributed by atoms with Crippen LogP contribution < -0.4 is 0 Å². The number of rotatable bonds is 10. The van der Waals surface area contributed by atoms with E-state index in [9.17, 15) is 4.79 Å². The molecule has 1 aromatic rings. The van der Waals surface area contributed by atoms with Crippen molar-refractivity contribution in [1.82, 2.24) is 0 Å². The zero-order valence-electron chi connectivity index (χ0n) is 12.6. The van der Waals surface area contributed by atoms with Crippen molar-refractivity contribution in [3.8, 4) is 0 Å². The smallest absolute Gasteiger partial charge is 0.162 e. The highest BCUT2D eigenvalue weighted by atomic mass is 16.1. The quantitative estimate of drug-likeness (QED) is 0.389. The molecule has 1 heteroatoms. The van der Waals surface area contributed by atoms with Gasteiger partial charge in [-0.1, -0.05) is 75.6 Å². The van der Waals surface area contributed by atoms with Crippen LogP contribution in [0.2, 0.25) is 0 Å². The molecular weight excluding hydrogens is 232 g/mol. The van der Waals surface area contributed by atoms with E-state index in [1.807, 2.05) is 31.2 Å². The van der Waals surface area contributed by atoms with Crippen LogP contribution in [0.4, 0.5) is 0 Å². The molecule has 1 nitrogen and oxygen atoms in total. The van der Waals surface area contributed by atoms with E-state index in [0.29, 0.717) is 12.2 Å². The number of carbonyl (C=O) groups excluding carboxylic acids is 1. The lowest BCUT2D eigenvalue weighted by Gasteiger charge is -2.03. The summed E-state index contributed by atoms with van der Waals surface area (Å²) in [7, 11) is 0. The van der Waals surface area contributed by atoms with Crippen molar-refractivity contribution >= 4 is 5.78 Å². The summed E-state index contributed by atoms with van der Waals surface area (Å²) in [5.74, 6) is 0.301. The van der Waals surface area contributed by atoms with Crippen molar-refractivity contribution < 1.29 is 4.79 Å². The molecule has 0 saturated carbocycles. The highest BCUT2D eigenvalue weighted by Gasteiger charge is 2.05. The number of hydrogen-bond donors (Lipinski definition) is 0. The molecule has 0 bridgehead atoms. The van der Waals surface area contributed by atoms with Gasteiger partial charge in [0.15, 0.2) is 5.78 Å². The Hall–Kier alpha value is -1.11. The van der Waals surface area contributed by atoms with Crippen LogP contribution in [0.5, 0.6) is 0 Å². The number of unbranched alkanes of at least 4 members (excludes halogenated alkanes) is 7. The Morgan fingerprint density at radius 2 is 1.58 bits per heavy atom. The Labute approximate surface area is 118 Å². The Balaban J connectivity index is 2.08. The van der Waals surface area contributed by atoms with Crippen LogP contribution in [0.25, 0.3) is 0 Å². The zero-order chi connectivity index (χ0) is 13.9. The molecule has 0 aromatic heterocycles. The van der Waals surface area contributed by atoms with Crippen molar-refractivity contribution in [1.29, 1.82) is 0 Å². The molecule has 0 aliphatic carbocycles. The highest BCUT2D eigenvalue weighted by Crippen LogP contribution is 2.12. The van der Waals surface area contributed by atoms with E-state index in [4.69, 9.17) is 0 Å². The van der Waals surface area contributed by atoms with Gasteiger partial charge in [0.1, 0.15) is 0 Å². The molecule has 0 spiro atoms. The highest BCUT2D eigenvalue weighted by molar-refractivity contribution is 5.96. The van der Waals surface area contributed by atoms with Crippen molar-refractivity contribution in [2.75, 3.05) is 0 Å². The molecule has 0 heterocycles. The minimum absolute atomic E-state index is 0.301. The monoisotopic (exact) mass is 260 g/mol. The summed E-state index contributed by atoms with van der Waals surface area (Å²) < 4.78 is 0. The van der Waals surface area contributed by atoms with E-state index >= 15 is 0 Å². The molecule has 19 heavy (non-hydrogen) atoms. The molecule has 0 N–H and O–H groups in total. The van der Waals surface area contributed by atoms with E-state index in [1.54, 1.807) is 0 Å². The fraction of sp³-hybridized carbons (Fsp3) is 0.611. The summed E-state index contributed by atoms with van der Waals surface area (Å²) in [5.41, 5.74) is 2.05. The van der Waals surface area contributed by atoms with Gasteiger partial charge in [0.25, 0.3) is 0 Å². The van der Waals surface area contributed by atoms with Gasteiger partial charge in [0.05, 0.1) is 0 Å². The second-order valence-corrected chi connectivity index (χ2v) is 5.52. The molecule has 0 saturated heterocycles. The third-order valence-corrected chi connectivity index (χ3v) is 3.60. The summed E-state index contributed by atoms with van der Waals surface area (Å²) in [6.07, 6.45) is 11.0. The fourth-order valence-electron chi connectivity index (χ4n) is 2.38. The second-order valence-electron chi connectivity index (χ2n) is 5.52. The van der Waals surface area contributed by atoms with Crippen LogP contribution in [-0.4, -0.2) is 5.78 Å². The Morgan fingerprint density at radius 1 is 0.947 bits per heavy atom. The minimum atomic E-state index is 0.301. The standard InChI is InChI=1S/C18H28O/c1-3-4-5-6-7-8-9-10-14-18(19)17-13-11-12-16(2)15-17/h11-13,15H,3-10,14H2,1-2H3. The molecule has 1 aromatic carbocycles. The Bertz CT molecular complexity index is 368. The molecule has 0 amide bonds. The van der Waals surface area contributed by atoms with Gasteiger partial charge < -0.3 is 0 Å². The first kappa shape index (κ1) is 15.9. The SMILES string of the molecule is CCCCCCCCCCC(=O)c1cccc(C)c1. The van der Waals surface area contributed by atoms with Crippen molar-refractivity contribution in [3.63, 3.8) is 0 Å². The summed E-state index contributed by atoms with van der Waals surface area (Å²) in [4.78, 5) is 12.0. The summed E-state index contributed by atoms with van der Waals surface area (Å²) >= 11 is 0. The second kappa shape index (κ2) is 9.77. The van der Waals surface area contributed by atoms with Gasteiger partial charge in [-0.25, -0.2) is 0 Å². The first-order valence-electron chi connectivity index (χ1n) is 7.84. The maximum absolute atomic E-state index is 12.0. The van der Waals surface area contributed by atoms with Crippen LogP contribution in [0.15, 0.2) is 24.3 Å². The van der Waals surface area contributed by atoms with Gasteiger partial charge in [0, 0.05) is 12.0 Å².